The first-order valence-electron chi connectivity index (χ1n) is 4.87. The Morgan fingerprint density at radius 3 is 2.38 bits per heavy atom. The van der Waals surface area contributed by atoms with E-state index in [1.54, 1.807) is 0 Å². The second-order valence-corrected chi connectivity index (χ2v) is 5.03. The molecule has 1 fully saturated rings. The largest absolute Gasteiger partial charge is 0.369 e. The fraction of sp³-hybridized carbons (Fsp3) is 0.250. The smallest absolute Gasteiger partial charge is 0.220 e. The molecule has 2 N–H and O–H groups in total. The van der Waals surface area contributed by atoms with Gasteiger partial charge >= 0.3 is 0 Å². The zero-order valence-electron chi connectivity index (χ0n) is 8.65. The van der Waals surface area contributed by atoms with Gasteiger partial charge in [-0.1, -0.05) is 24.1 Å². The summed E-state index contributed by atoms with van der Waals surface area (Å²) < 4.78 is 0. The maximum Gasteiger partial charge on any atom is 0.220 e. The van der Waals surface area contributed by atoms with Gasteiger partial charge in [0, 0.05) is 32.7 Å². The summed E-state index contributed by atoms with van der Waals surface area (Å²) in [5.41, 5.74) is 5.93. The topological polar surface area (TPSA) is 43.1 Å². The summed E-state index contributed by atoms with van der Waals surface area (Å²) in [4.78, 5) is 9.98. The quantitative estimate of drug-likeness (QED) is 0.628. The summed E-state index contributed by atoms with van der Waals surface area (Å²) in [5, 5.41) is 2.92. The van der Waals surface area contributed by atoms with E-state index in [0.717, 1.165) is 18.4 Å². The highest BCUT2D eigenvalue weighted by Crippen LogP contribution is 2.27. The number of carbonyl (C=O) groups excluding carboxylic acids is 1. The lowest BCUT2D eigenvalue weighted by atomic mass is 10.2. The number of benzene rings is 1. The van der Waals surface area contributed by atoms with Crippen molar-refractivity contribution in [2.24, 2.45) is 11.7 Å². The monoisotopic (exact) mass is 345 g/mol. The van der Waals surface area contributed by atoms with Crippen molar-refractivity contribution < 1.29 is 4.79 Å². The molecule has 2 nitrogen and oxygen atoms in total. The molecule has 1 aromatic rings. The van der Waals surface area contributed by atoms with Gasteiger partial charge in [0.1, 0.15) is 0 Å². The molecule has 2 rings (SSSR count). The van der Waals surface area contributed by atoms with Gasteiger partial charge in [-0.05, 0) is 39.2 Å². The Morgan fingerprint density at radius 2 is 2.00 bits per heavy atom. The van der Waals surface area contributed by atoms with Crippen LogP contribution in [0.5, 0.6) is 0 Å². The van der Waals surface area contributed by atoms with Crippen LogP contribution in [0.25, 0.3) is 0 Å². The van der Waals surface area contributed by atoms with Gasteiger partial charge in [-0.15, -0.1) is 0 Å². The molecule has 0 aromatic heterocycles. The maximum absolute atomic E-state index is 9.98. The van der Waals surface area contributed by atoms with Crippen molar-refractivity contribution in [1.82, 2.24) is 0 Å². The average Bonchev–Trinajstić information content (AvgIpc) is 3.12. The summed E-state index contributed by atoms with van der Waals surface area (Å²) in [6, 6.07) is 9.96. The van der Waals surface area contributed by atoms with Crippen LogP contribution >= 0.6 is 30.1 Å². The van der Waals surface area contributed by atoms with Gasteiger partial charge < -0.3 is 5.73 Å². The molecule has 0 aliphatic heterocycles. The van der Waals surface area contributed by atoms with Gasteiger partial charge in [0.2, 0.25) is 5.91 Å². The molecule has 0 heterocycles. The van der Waals surface area contributed by atoms with Crippen LogP contribution in [0.15, 0.2) is 30.3 Å². The number of rotatable bonds is 1. The van der Waals surface area contributed by atoms with Crippen molar-refractivity contribution in [3.05, 3.63) is 35.9 Å². The molecule has 1 aliphatic rings. The third-order valence-corrected chi connectivity index (χ3v) is 2.83. The van der Waals surface area contributed by atoms with Gasteiger partial charge in [0.05, 0.1) is 0 Å². The van der Waals surface area contributed by atoms with Crippen LogP contribution in [0.3, 0.4) is 0 Å². The molecule has 0 bridgehead atoms. The number of hydrogen-bond acceptors (Lipinski definition) is 2. The number of nitrogens with two attached hydrogens (primary N) is 1. The van der Waals surface area contributed by atoms with Gasteiger partial charge in [0.15, 0.2) is 0 Å². The zero-order valence-corrected chi connectivity index (χ0v) is 11.6. The Hall–Kier alpha value is -0.670. The Labute approximate surface area is 112 Å². The normalized spacial score (nSPS) is 12.8. The Morgan fingerprint density at radius 1 is 1.38 bits per heavy atom. The lowest BCUT2D eigenvalue weighted by Crippen LogP contribution is -2.11. The SMILES string of the molecule is ISC#Cc1ccccc1.NC(=O)C1CC1. The number of amides is 1. The second kappa shape index (κ2) is 7.58. The summed E-state index contributed by atoms with van der Waals surface area (Å²) in [7, 11) is 1.51. The maximum atomic E-state index is 9.98. The van der Waals surface area contributed by atoms with Crippen LogP contribution in [0, 0.1) is 17.1 Å². The molecule has 0 saturated heterocycles. The highest BCUT2D eigenvalue weighted by atomic mass is 127. The molecule has 1 aromatic carbocycles. The minimum Gasteiger partial charge on any atom is -0.369 e. The summed E-state index contributed by atoms with van der Waals surface area (Å²) in [6.07, 6.45) is 2.05. The number of primary amides is 1. The highest BCUT2D eigenvalue weighted by Gasteiger charge is 2.26. The second-order valence-electron chi connectivity index (χ2n) is 3.35. The first-order valence-corrected chi connectivity index (χ1v) is 8.23. The molecular formula is C12H12INOS. The number of hydrogen-bond donors (Lipinski definition) is 1. The van der Waals surface area contributed by atoms with Crippen molar-refractivity contribution in [2.75, 3.05) is 0 Å². The van der Waals surface area contributed by atoms with Crippen LogP contribution in [-0.2, 0) is 4.79 Å². The Bertz CT molecular complexity index is 392. The van der Waals surface area contributed by atoms with E-state index < -0.39 is 0 Å². The van der Waals surface area contributed by atoms with Crippen LogP contribution < -0.4 is 5.73 Å². The van der Waals surface area contributed by atoms with Crippen molar-refractivity contribution >= 4 is 36.0 Å². The Kier molecular flexibility index (Phi) is 6.34. The molecule has 1 aliphatic carbocycles. The molecule has 0 spiro atoms. The van der Waals surface area contributed by atoms with E-state index in [1.807, 2.05) is 30.3 Å². The zero-order chi connectivity index (χ0) is 11.8. The molecule has 16 heavy (non-hydrogen) atoms. The van der Waals surface area contributed by atoms with Gasteiger partial charge in [0.25, 0.3) is 0 Å². The van der Waals surface area contributed by atoms with Crippen LogP contribution in [-0.4, -0.2) is 5.91 Å². The van der Waals surface area contributed by atoms with E-state index in [9.17, 15) is 4.79 Å². The fourth-order valence-electron chi connectivity index (χ4n) is 0.968. The molecule has 1 amide bonds. The summed E-state index contributed by atoms with van der Waals surface area (Å²) in [5.74, 6) is 3.11. The van der Waals surface area contributed by atoms with E-state index in [4.69, 9.17) is 5.73 Å². The highest BCUT2D eigenvalue weighted by molar-refractivity contribution is 14.2. The summed E-state index contributed by atoms with van der Waals surface area (Å²) in [6.45, 7) is 0. The predicted octanol–water partition coefficient (Wildman–Crippen LogP) is 2.96. The first kappa shape index (κ1) is 13.4. The van der Waals surface area contributed by atoms with E-state index in [1.165, 1.54) is 8.93 Å². The van der Waals surface area contributed by atoms with E-state index in [0.29, 0.717) is 0 Å². The van der Waals surface area contributed by atoms with Crippen molar-refractivity contribution in [3.8, 4) is 11.2 Å². The van der Waals surface area contributed by atoms with E-state index in [-0.39, 0.29) is 11.8 Å². The van der Waals surface area contributed by atoms with Crippen molar-refractivity contribution in [3.63, 3.8) is 0 Å². The minimum absolute atomic E-state index is 0.130. The molecule has 0 unspecified atom stereocenters. The molecule has 0 radical (unpaired) electrons. The first-order chi connectivity index (χ1) is 7.74. The van der Waals surface area contributed by atoms with Crippen LogP contribution in [0.4, 0.5) is 0 Å². The summed E-state index contributed by atoms with van der Waals surface area (Å²) >= 11 is 2.16. The lowest BCUT2D eigenvalue weighted by molar-refractivity contribution is -0.119. The van der Waals surface area contributed by atoms with Crippen molar-refractivity contribution in [2.45, 2.75) is 12.8 Å². The standard InChI is InChI=1S/C8H5IS.C4H7NO/c9-10-7-6-8-4-2-1-3-5-8;5-4(6)3-1-2-3/h1-5H;3H,1-2H2,(H2,5,6). The third kappa shape index (κ3) is 6.03. The average molecular weight is 345 g/mol. The molecule has 0 atom stereocenters. The van der Waals surface area contributed by atoms with Gasteiger partial charge in [-0.25, -0.2) is 0 Å². The third-order valence-electron chi connectivity index (χ3n) is 1.99. The predicted molar refractivity (Wildman–Crippen MR) is 76.8 cm³/mol. The lowest BCUT2D eigenvalue weighted by Gasteiger charge is -1.83. The minimum atomic E-state index is -0.130. The molecule has 1 saturated carbocycles. The van der Waals surface area contributed by atoms with E-state index in [2.05, 4.69) is 32.4 Å². The Balaban J connectivity index is 0.000000181. The van der Waals surface area contributed by atoms with Crippen molar-refractivity contribution in [1.29, 1.82) is 0 Å². The van der Waals surface area contributed by atoms with Gasteiger partial charge in [-0.2, -0.15) is 0 Å². The molecule has 4 heteroatoms. The molecular weight excluding hydrogens is 333 g/mol. The molecule has 84 valence electrons. The van der Waals surface area contributed by atoms with E-state index >= 15 is 0 Å². The number of halogens is 1. The van der Waals surface area contributed by atoms with Crippen LogP contribution in [0.1, 0.15) is 18.4 Å². The number of carbonyl (C=O) groups is 1. The fourth-order valence-corrected chi connectivity index (χ4v) is 1.45. The van der Waals surface area contributed by atoms with Gasteiger partial charge in [-0.3, -0.25) is 4.79 Å². The van der Waals surface area contributed by atoms with Crippen LogP contribution in [0.2, 0.25) is 0 Å².